The van der Waals surface area contributed by atoms with E-state index in [0.717, 1.165) is 32.1 Å². The van der Waals surface area contributed by atoms with Gasteiger partial charge in [0.1, 0.15) is 5.75 Å². The Balaban J connectivity index is 2.05. The maximum absolute atomic E-state index is 12.6. The van der Waals surface area contributed by atoms with Crippen LogP contribution in [-0.4, -0.2) is 38.3 Å². The Hall–Kier alpha value is -0.780. The van der Waals surface area contributed by atoms with Crippen LogP contribution in [0.4, 0.5) is 0 Å². The molecule has 0 bridgehead atoms. The lowest BCUT2D eigenvalue weighted by atomic mass is 10.2. The van der Waals surface area contributed by atoms with E-state index in [0.29, 0.717) is 36.2 Å². The first-order chi connectivity index (χ1) is 10.1. The van der Waals surface area contributed by atoms with E-state index in [1.54, 1.807) is 28.6 Å². The molecule has 4 nitrogen and oxygen atoms in total. The summed E-state index contributed by atoms with van der Waals surface area (Å²) in [6, 6.07) is 6.66. The number of sulfonamides is 1. The van der Waals surface area contributed by atoms with E-state index in [1.165, 1.54) is 0 Å². The van der Waals surface area contributed by atoms with Crippen LogP contribution in [-0.2, 0) is 10.0 Å². The lowest BCUT2D eigenvalue weighted by Crippen LogP contribution is -2.31. The van der Waals surface area contributed by atoms with Gasteiger partial charge in [0.2, 0.25) is 10.0 Å². The van der Waals surface area contributed by atoms with Crippen molar-refractivity contribution in [2.45, 2.75) is 37.0 Å². The summed E-state index contributed by atoms with van der Waals surface area (Å²) in [6.45, 7) is 1.79. The van der Waals surface area contributed by atoms with E-state index in [2.05, 4.69) is 0 Å². The molecule has 0 unspecified atom stereocenters. The standard InChI is InChI=1S/C15H22ClNO3S/c16-10-5-13-20-14-6-8-15(9-7-14)21(18,19)17-11-3-1-2-4-12-17/h6-9H,1-5,10-13H2. The molecule has 1 aromatic carbocycles. The molecule has 1 saturated heterocycles. The van der Waals surface area contributed by atoms with Crippen molar-refractivity contribution in [3.05, 3.63) is 24.3 Å². The van der Waals surface area contributed by atoms with Crippen molar-refractivity contribution in [2.24, 2.45) is 0 Å². The molecule has 0 N–H and O–H groups in total. The van der Waals surface area contributed by atoms with Crippen molar-refractivity contribution in [2.75, 3.05) is 25.6 Å². The first-order valence-corrected chi connectivity index (χ1v) is 9.41. The summed E-state index contributed by atoms with van der Waals surface area (Å²) in [6.07, 6.45) is 4.88. The van der Waals surface area contributed by atoms with E-state index < -0.39 is 10.0 Å². The average Bonchev–Trinajstić information content (AvgIpc) is 2.78. The van der Waals surface area contributed by atoms with Gasteiger partial charge in [-0.3, -0.25) is 0 Å². The summed E-state index contributed by atoms with van der Waals surface area (Å²) in [5.41, 5.74) is 0. The van der Waals surface area contributed by atoms with Crippen molar-refractivity contribution in [3.63, 3.8) is 0 Å². The molecule has 0 radical (unpaired) electrons. The SMILES string of the molecule is O=S(=O)(c1ccc(OCCCCl)cc1)N1CCCCCC1. The highest BCUT2D eigenvalue weighted by Gasteiger charge is 2.24. The van der Waals surface area contributed by atoms with Crippen molar-refractivity contribution in [1.29, 1.82) is 0 Å². The maximum Gasteiger partial charge on any atom is 0.243 e. The minimum Gasteiger partial charge on any atom is -0.494 e. The van der Waals surface area contributed by atoms with Gasteiger partial charge >= 0.3 is 0 Å². The second-order valence-electron chi connectivity index (χ2n) is 5.18. The highest BCUT2D eigenvalue weighted by Crippen LogP contribution is 2.22. The van der Waals surface area contributed by atoms with Crippen LogP contribution in [0.15, 0.2) is 29.2 Å². The summed E-state index contributed by atoms with van der Waals surface area (Å²) in [5, 5.41) is 0. The molecule has 0 spiro atoms. The molecule has 1 heterocycles. The number of ether oxygens (including phenoxy) is 1. The second kappa shape index (κ2) is 8.01. The van der Waals surface area contributed by atoms with E-state index in [9.17, 15) is 8.42 Å². The number of benzene rings is 1. The van der Waals surface area contributed by atoms with Gasteiger partial charge in [0, 0.05) is 19.0 Å². The van der Waals surface area contributed by atoms with Crippen LogP contribution in [0.2, 0.25) is 0 Å². The Morgan fingerprint density at radius 3 is 2.24 bits per heavy atom. The van der Waals surface area contributed by atoms with E-state index in [4.69, 9.17) is 16.3 Å². The average molecular weight is 332 g/mol. The predicted molar refractivity (Wildman–Crippen MR) is 84.5 cm³/mol. The molecule has 1 aliphatic rings. The van der Waals surface area contributed by atoms with Crippen LogP contribution < -0.4 is 4.74 Å². The molecular weight excluding hydrogens is 310 g/mol. The van der Waals surface area contributed by atoms with E-state index in [-0.39, 0.29) is 0 Å². The highest BCUT2D eigenvalue weighted by molar-refractivity contribution is 7.89. The number of rotatable bonds is 6. The first-order valence-electron chi connectivity index (χ1n) is 7.43. The van der Waals surface area contributed by atoms with Crippen molar-refractivity contribution >= 4 is 21.6 Å². The molecule has 2 rings (SSSR count). The molecule has 6 heteroatoms. The molecule has 1 aliphatic heterocycles. The van der Waals surface area contributed by atoms with E-state index >= 15 is 0 Å². The van der Waals surface area contributed by atoms with Crippen LogP contribution in [0.1, 0.15) is 32.1 Å². The summed E-state index contributed by atoms with van der Waals surface area (Å²) in [4.78, 5) is 0.342. The van der Waals surface area contributed by atoms with Gasteiger partial charge in [0.25, 0.3) is 0 Å². The van der Waals surface area contributed by atoms with Gasteiger partial charge < -0.3 is 4.74 Å². The third kappa shape index (κ3) is 4.59. The zero-order valence-corrected chi connectivity index (χ0v) is 13.7. The van der Waals surface area contributed by atoms with E-state index in [1.807, 2.05) is 0 Å². The number of halogens is 1. The Labute approximate surface area is 132 Å². The zero-order valence-electron chi connectivity index (χ0n) is 12.1. The van der Waals surface area contributed by atoms with Crippen LogP contribution in [0, 0.1) is 0 Å². The fourth-order valence-corrected chi connectivity index (χ4v) is 4.01. The topological polar surface area (TPSA) is 46.6 Å². The molecule has 118 valence electrons. The minimum absolute atomic E-state index is 0.342. The second-order valence-corrected chi connectivity index (χ2v) is 7.50. The van der Waals surface area contributed by atoms with Crippen LogP contribution in [0.25, 0.3) is 0 Å². The fraction of sp³-hybridized carbons (Fsp3) is 0.600. The molecule has 0 amide bonds. The summed E-state index contributed by atoms with van der Waals surface area (Å²) < 4.78 is 32.2. The van der Waals surface area contributed by atoms with Crippen molar-refractivity contribution in [1.82, 2.24) is 4.31 Å². The molecule has 21 heavy (non-hydrogen) atoms. The molecule has 0 aromatic heterocycles. The number of alkyl halides is 1. The normalized spacial score (nSPS) is 17.4. The number of hydrogen-bond acceptors (Lipinski definition) is 3. The maximum atomic E-state index is 12.6. The quantitative estimate of drug-likeness (QED) is 0.593. The monoisotopic (exact) mass is 331 g/mol. The number of hydrogen-bond donors (Lipinski definition) is 0. The summed E-state index contributed by atoms with van der Waals surface area (Å²) in [5.74, 6) is 1.23. The third-order valence-corrected chi connectivity index (χ3v) is 5.75. The van der Waals surface area contributed by atoms with Gasteiger partial charge in [-0.05, 0) is 43.5 Å². The van der Waals surface area contributed by atoms with Crippen LogP contribution in [0.5, 0.6) is 5.75 Å². The van der Waals surface area contributed by atoms with Gasteiger partial charge in [-0.2, -0.15) is 4.31 Å². The van der Waals surface area contributed by atoms with Gasteiger partial charge in [0.15, 0.2) is 0 Å². The van der Waals surface area contributed by atoms with Gasteiger partial charge in [-0.15, -0.1) is 11.6 Å². The number of nitrogens with zero attached hydrogens (tertiary/aromatic N) is 1. The van der Waals surface area contributed by atoms with Gasteiger partial charge in [-0.1, -0.05) is 12.8 Å². The molecular formula is C15H22ClNO3S. The van der Waals surface area contributed by atoms with Crippen LogP contribution in [0.3, 0.4) is 0 Å². The molecule has 1 fully saturated rings. The Kier molecular flexibility index (Phi) is 6.33. The third-order valence-electron chi connectivity index (χ3n) is 3.57. The van der Waals surface area contributed by atoms with Crippen LogP contribution >= 0.6 is 11.6 Å². The lowest BCUT2D eigenvalue weighted by Gasteiger charge is -2.20. The van der Waals surface area contributed by atoms with Crippen molar-refractivity contribution < 1.29 is 13.2 Å². The summed E-state index contributed by atoms with van der Waals surface area (Å²) in [7, 11) is -3.37. The van der Waals surface area contributed by atoms with Gasteiger partial charge in [0.05, 0.1) is 11.5 Å². The highest BCUT2D eigenvalue weighted by atomic mass is 35.5. The largest absolute Gasteiger partial charge is 0.494 e. The summed E-state index contributed by atoms with van der Waals surface area (Å²) >= 11 is 5.59. The lowest BCUT2D eigenvalue weighted by molar-refractivity contribution is 0.318. The smallest absolute Gasteiger partial charge is 0.243 e. The fourth-order valence-electron chi connectivity index (χ4n) is 2.38. The predicted octanol–water partition coefficient (Wildman–Crippen LogP) is 3.26. The van der Waals surface area contributed by atoms with Crippen molar-refractivity contribution in [3.8, 4) is 5.75 Å². The zero-order chi connectivity index (χ0) is 15.1. The Morgan fingerprint density at radius 2 is 1.67 bits per heavy atom. The molecule has 0 aliphatic carbocycles. The molecule has 0 atom stereocenters. The Bertz CT molecular complexity index is 522. The Morgan fingerprint density at radius 1 is 1.05 bits per heavy atom. The molecule has 1 aromatic rings. The van der Waals surface area contributed by atoms with Gasteiger partial charge in [-0.25, -0.2) is 8.42 Å². The molecule has 0 saturated carbocycles. The minimum atomic E-state index is -3.37. The first kappa shape index (κ1) is 16.6.